The quantitative estimate of drug-likeness (QED) is 0.0597. The van der Waals surface area contributed by atoms with Crippen LogP contribution in [0.1, 0.15) is 61.2 Å². The summed E-state index contributed by atoms with van der Waals surface area (Å²) in [7, 11) is -1.82. The first-order valence-corrected chi connectivity index (χ1v) is 43.5. The van der Waals surface area contributed by atoms with Gasteiger partial charge in [-0.25, -0.2) is 0 Å². The lowest BCUT2D eigenvalue weighted by molar-refractivity contribution is -0.385. The van der Waals surface area contributed by atoms with E-state index in [0.29, 0.717) is 38.4 Å². The minimum absolute atomic E-state index is 0.0995. The first-order chi connectivity index (χ1) is 57.9. The van der Waals surface area contributed by atoms with Gasteiger partial charge in [-0.15, -0.1) is 0 Å². The first-order valence-electron chi connectivity index (χ1n) is 37.9. The van der Waals surface area contributed by atoms with E-state index in [0.717, 1.165) is 66.6 Å². The molecule has 2 aromatic heterocycles. The summed E-state index contributed by atoms with van der Waals surface area (Å²) in [5, 5.41) is 50.0. The Hall–Kier alpha value is -10.5. The van der Waals surface area contributed by atoms with Crippen LogP contribution in [0.2, 0.25) is 25.1 Å². The fourth-order valence-electron chi connectivity index (χ4n) is 14.9. The molecule has 5 aliphatic rings. The fourth-order valence-corrected chi connectivity index (χ4v) is 19.7. The van der Waals surface area contributed by atoms with Crippen LogP contribution in [0.3, 0.4) is 0 Å². The summed E-state index contributed by atoms with van der Waals surface area (Å²) in [4.78, 5) is 24.0. The highest BCUT2D eigenvalue weighted by molar-refractivity contribution is 9.12. The third-order valence-electron chi connectivity index (χ3n) is 20.4. The van der Waals surface area contributed by atoms with Crippen molar-refractivity contribution in [3.63, 3.8) is 0 Å². The van der Waals surface area contributed by atoms with E-state index in [9.17, 15) is 20.2 Å². The second-order valence-electron chi connectivity index (χ2n) is 27.9. The minimum atomic E-state index is -1.37. The SMILES string of the molecule is Brc1ccccc1.Clc1cccc2c1CC(Br)=C2.Clc1cccc2c1Cc1c-2[nH]c2ccccc12.Clc1cccc2c1Cc1c-2n(-c2ccccc2)c2ccccc12.O=[N+]([O-])c1ccccc1Br.O=[N+]([O-])c1ccccc1C1=Cc2cccc(Cl)c2C1.OB(O)C1=Cc2cccc(Cl)c2C1.c1ccc(P(c2ccccc2)c2ccccc2)cc1. The summed E-state index contributed by atoms with van der Waals surface area (Å²) in [6.45, 7) is 0. The molecule has 0 radical (unpaired) electrons. The highest BCUT2D eigenvalue weighted by atomic mass is 79.9. The molecule has 10 nitrogen and oxygen atoms in total. The van der Waals surface area contributed by atoms with E-state index >= 15 is 0 Å². The van der Waals surface area contributed by atoms with Crippen LogP contribution in [0.5, 0.6) is 0 Å². The van der Waals surface area contributed by atoms with Crippen LogP contribution in [-0.2, 0) is 32.1 Å². The van der Waals surface area contributed by atoms with Gasteiger partial charge in [0.15, 0.2) is 0 Å². The number of aromatic nitrogens is 2. The molecule has 0 amide bonds. The number of allylic oxidation sites excluding steroid dienone is 3. The number of halogens is 8. The summed E-state index contributed by atoms with van der Waals surface area (Å²) >= 11 is 40.6. The number of nitrogens with zero attached hydrogens (tertiary/aromatic N) is 3. The molecule has 20 heteroatoms. The Morgan fingerprint density at radius 2 is 0.790 bits per heavy atom. The van der Waals surface area contributed by atoms with Crippen LogP contribution in [-0.4, -0.2) is 36.6 Å². The van der Waals surface area contributed by atoms with Gasteiger partial charge in [0, 0.05) is 105 Å². The molecule has 0 atom stereocenters. The van der Waals surface area contributed by atoms with E-state index in [4.69, 9.17) is 68.1 Å². The zero-order chi connectivity index (χ0) is 83.1. The molecular formula is C99H72BBr3Cl5N4O6P. The molecule has 3 N–H and O–H groups in total. The molecule has 16 aromatic rings. The predicted molar refractivity (Wildman–Crippen MR) is 510 cm³/mol. The van der Waals surface area contributed by atoms with Crippen molar-refractivity contribution in [2.75, 3.05) is 0 Å². The number of fused-ring (bicyclic) bond motifs is 13. The zero-order valence-corrected chi connectivity index (χ0v) is 72.9. The van der Waals surface area contributed by atoms with Gasteiger partial charge < -0.3 is 19.6 Å². The first kappa shape index (κ1) is 84.9. The lowest BCUT2D eigenvalue weighted by atomic mass is 9.78. The van der Waals surface area contributed by atoms with E-state index in [1.54, 1.807) is 42.5 Å². The Morgan fingerprint density at radius 1 is 0.370 bits per heavy atom. The standard InChI is InChI=1S/C21H14ClN.C18H15P.C15H10ClNO2.C15H10ClN.C9H8BClO2.C9H6BrCl.C6H4BrNO2.C6H5Br/c22-19-11-6-10-16-17(19)13-18-15-9-4-5-12-20(15)23(21(16)18)14-7-2-1-3-8-14;1-4-10-16(11-5-1)19(17-12-6-2-7-13-17)18-14-8-3-9-15-18;16-14-6-3-4-10-8-11(9-13(10)14)12-5-1-2-7-15(12)17(18)19;16-13-6-3-5-10-11(13)8-12-9-4-1-2-7-14(9)17-15(10)12;11-9-3-1-2-6-4-7(10(12)13)5-8(6)9;10-7-4-6-2-1-3-9(11)8(6)5-7;7-5-3-1-2-4-6(5)8(9)10;7-6-4-2-1-3-5-6/h1-12H,13H2;1-15H;1-8H,9H2;1-7,17H,8H2;1-4,12-13H,5H2;1-4H,5H2;1-4H;1-5H. The van der Waals surface area contributed by atoms with Crippen molar-refractivity contribution in [1.82, 2.24) is 9.55 Å². The Morgan fingerprint density at radius 3 is 1.30 bits per heavy atom. The van der Waals surface area contributed by atoms with E-state index in [1.807, 2.05) is 109 Å². The number of H-pyrrole nitrogens is 1. The van der Waals surface area contributed by atoms with Gasteiger partial charge in [-0.05, 0) is 198 Å². The van der Waals surface area contributed by atoms with E-state index in [-0.39, 0.29) is 16.3 Å². The second kappa shape index (κ2) is 40.0. The lowest BCUT2D eigenvalue weighted by Crippen LogP contribution is -2.20. The van der Waals surface area contributed by atoms with Crippen molar-refractivity contribution in [2.45, 2.75) is 32.1 Å². The van der Waals surface area contributed by atoms with Gasteiger partial charge in [-0.2, -0.15) is 0 Å². The summed E-state index contributed by atoms with van der Waals surface area (Å²) in [6.07, 6.45) is 9.82. The molecule has 0 unspecified atom stereocenters. The zero-order valence-electron chi connectivity index (χ0n) is 63.5. The maximum absolute atomic E-state index is 11.1. The molecule has 0 saturated heterocycles. The van der Waals surface area contributed by atoms with Gasteiger partial charge in [0.05, 0.1) is 36.8 Å². The van der Waals surface area contributed by atoms with Crippen molar-refractivity contribution in [2.24, 2.45) is 0 Å². The molecule has 0 saturated carbocycles. The summed E-state index contributed by atoms with van der Waals surface area (Å²) in [6, 6.07) is 113. The molecule has 588 valence electrons. The Balaban J connectivity index is 0.000000114. The van der Waals surface area contributed by atoms with Gasteiger partial charge >= 0.3 is 7.12 Å². The second-order valence-corrected chi connectivity index (χ2v) is 34.9. The molecule has 0 fully saturated rings. The molecule has 119 heavy (non-hydrogen) atoms. The van der Waals surface area contributed by atoms with Crippen molar-refractivity contribution in [3.8, 4) is 28.2 Å². The van der Waals surface area contributed by atoms with Gasteiger partial charge in [0.1, 0.15) is 0 Å². The number of rotatable bonds is 8. The highest BCUT2D eigenvalue weighted by Crippen LogP contribution is 2.48. The summed E-state index contributed by atoms with van der Waals surface area (Å²) in [5.41, 5.74) is 22.9. The molecule has 0 bridgehead atoms. The van der Waals surface area contributed by atoms with Crippen LogP contribution in [0.4, 0.5) is 11.4 Å². The predicted octanol–water partition coefficient (Wildman–Crippen LogP) is 27.8. The Kier molecular flexibility index (Phi) is 28.6. The number of hydrogen-bond donors (Lipinski definition) is 3. The van der Waals surface area contributed by atoms with Crippen LogP contribution >= 0.6 is 114 Å². The summed E-state index contributed by atoms with van der Waals surface area (Å²) in [5.74, 6) is 0. The minimum Gasteiger partial charge on any atom is -0.423 e. The number of nitro benzene ring substituents is 2. The average Bonchev–Trinajstić information content (AvgIpc) is 1.55. The van der Waals surface area contributed by atoms with Gasteiger partial charge in [-0.3, -0.25) is 20.2 Å². The lowest BCUT2D eigenvalue weighted by Gasteiger charge is -2.18. The van der Waals surface area contributed by atoms with Crippen LogP contribution in [0, 0.1) is 20.2 Å². The number of hydrogen-bond acceptors (Lipinski definition) is 6. The normalized spacial score (nSPS) is 12.1. The molecule has 0 spiro atoms. The molecule has 21 rings (SSSR count). The van der Waals surface area contributed by atoms with Crippen LogP contribution in [0.25, 0.3) is 73.8 Å². The topological polar surface area (TPSA) is 147 Å². The Labute approximate surface area is 742 Å². The summed E-state index contributed by atoms with van der Waals surface area (Å²) < 4.78 is 5.22. The Bertz CT molecular complexity index is 6360. The van der Waals surface area contributed by atoms with Crippen molar-refractivity contribution in [3.05, 3.63) is 465 Å². The van der Waals surface area contributed by atoms with Crippen molar-refractivity contribution >= 4 is 194 Å². The van der Waals surface area contributed by atoms with E-state index in [2.05, 4.69) is 251 Å². The average molecular weight is 1870 g/mol. The maximum Gasteiger partial charge on any atom is 0.484 e. The number of benzene rings is 14. The molecule has 0 aliphatic heterocycles. The largest absolute Gasteiger partial charge is 0.484 e. The third kappa shape index (κ3) is 20.2. The smallest absolute Gasteiger partial charge is 0.423 e. The van der Waals surface area contributed by atoms with Crippen LogP contribution in [0.15, 0.2) is 359 Å². The third-order valence-corrected chi connectivity index (χ3v) is 26.3. The van der Waals surface area contributed by atoms with Gasteiger partial charge in [-0.1, -0.05) is 351 Å². The number of aromatic amines is 1. The highest BCUT2D eigenvalue weighted by Gasteiger charge is 2.30. The monoisotopic (exact) mass is 1870 g/mol. The molecule has 5 aliphatic carbocycles. The van der Waals surface area contributed by atoms with Gasteiger partial charge in [0.2, 0.25) is 0 Å². The number of para-hydroxylation sites is 5. The molecular weight excluding hydrogens is 1800 g/mol. The van der Waals surface area contributed by atoms with Crippen LogP contribution < -0.4 is 15.9 Å². The van der Waals surface area contributed by atoms with E-state index < -0.39 is 20.0 Å². The van der Waals surface area contributed by atoms with E-state index in [1.165, 1.54) is 116 Å². The van der Waals surface area contributed by atoms with Gasteiger partial charge in [0.25, 0.3) is 11.4 Å². The number of nitrogens with one attached hydrogen (secondary N) is 1. The van der Waals surface area contributed by atoms with Crippen molar-refractivity contribution in [1.29, 1.82) is 0 Å². The number of nitro groups is 2. The molecule has 2 heterocycles. The van der Waals surface area contributed by atoms with Crippen molar-refractivity contribution < 1.29 is 19.9 Å². The fraction of sp³-hybridized carbons (Fsp3) is 0.0505. The molecule has 14 aromatic carbocycles. The maximum atomic E-state index is 11.1.